The topological polar surface area (TPSA) is 34.0 Å². The van der Waals surface area contributed by atoms with Gasteiger partial charge in [-0.15, -0.1) is 11.8 Å². The van der Waals surface area contributed by atoms with E-state index in [1.807, 2.05) is 6.07 Å². The van der Waals surface area contributed by atoms with E-state index in [2.05, 4.69) is 41.4 Å². The summed E-state index contributed by atoms with van der Waals surface area (Å²) in [6, 6.07) is 10.3. The summed E-state index contributed by atoms with van der Waals surface area (Å²) >= 11 is 1.72. The average Bonchev–Trinajstić information content (AvgIpc) is 2.49. The van der Waals surface area contributed by atoms with Gasteiger partial charge in [0.1, 0.15) is 0 Å². The van der Waals surface area contributed by atoms with Gasteiger partial charge in [0.15, 0.2) is 0 Å². The number of ether oxygens (including phenoxy) is 1. The minimum atomic E-state index is 0.174. The van der Waals surface area contributed by atoms with E-state index in [-0.39, 0.29) is 6.10 Å². The van der Waals surface area contributed by atoms with Crippen LogP contribution in [0.3, 0.4) is 0 Å². The summed E-state index contributed by atoms with van der Waals surface area (Å²) in [4.78, 5) is 0. The van der Waals surface area contributed by atoms with Crippen LogP contribution in [0.1, 0.15) is 37.9 Å². The van der Waals surface area contributed by atoms with Crippen molar-refractivity contribution in [3.05, 3.63) is 35.9 Å². The van der Waals surface area contributed by atoms with E-state index in [4.69, 9.17) is 4.74 Å². The summed E-state index contributed by atoms with van der Waals surface area (Å²) in [7, 11) is 0. The molecule has 0 radical (unpaired) electrons. The summed E-state index contributed by atoms with van der Waals surface area (Å²) in [5.41, 5.74) is 4.24. The lowest BCUT2D eigenvalue weighted by atomic mass is 10.1. The van der Waals surface area contributed by atoms with Crippen molar-refractivity contribution in [2.24, 2.45) is 10.2 Å². The number of nitrogens with zero attached hydrogens (tertiary/aromatic N) is 2. The second kappa shape index (κ2) is 8.12. The largest absolute Gasteiger partial charge is 0.374 e. The number of hydrogen-bond donors (Lipinski definition) is 0. The van der Waals surface area contributed by atoms with Crippen molar-refractivity contribution < 1.29 is 4.74 Å². The van der Waals surface area contributed by atoms with Crippen molar-refractivity contribution in [1.29, 1.82) is 0 Å². The fourth-order valence-corrected chi connectivity index (χ4v) is 2.52. The zero-order chi connectivity index (χ0) is 13.3. The van der Waals surface area contributed by atoms with E-state index in [9.17, 15) is 0 Å². The quantitative estimate of drug-likeness (QED) is 0.704. The average molecular weight is 276 g/mol. The van der Waals surface area contributed by atoms with E-state index >= 15 is 0 Å². The van der Waals surface area contributed by atoms with Crippen molar-refractivity contribution in [1.82, 2.24) is 0 Å². The van der Waals surface area contributed by atoms with Crippen LogP contribution in [0.4, 0.5) is 0 Å². The van der Waals surface area contributed by atoms with Crippen LogP contribution in [-0.4, -0.2) is 23.6 Å². The van der Waals surface area contributed by atoms with Gasteiger partial charge < -0.3 is 4.74 Å². The van der Waals surface area contributed by atoms with Crippen LogP contribution in [0.2, 0.25) is 0 Å². The highest BCUT2D eigenvalue weighted by molar-refractivity contribution is 8.12. The summed E-state index contributed by atoms with van der Waals surface area (Å²) in [6.45, 7) is 2.91. The summed E-state index contributed by atoms with van der Waals surface area (Å²) in [6.07, 6.45) is 3.40. The summed E-state index contributed by atoms with van der Waals surface area (Å²) < 4.78 is 5.84. The van der Waals surface area contributed by atoms with Crippen LogP contribution < -0.4 is 0 Å². The first-order chi connectivity index (χ1) is 9.36. The minimum Gasteiger partial charge on any atom is -0.374 e. The smallest absolute Gasteiger partial charge is 0.0828 e. The van der Waals surface area contributed by atoms with E-state index in [0.29, 0.717) is 0 Å². The lowest BCUT2D eigenvalue weighted by Gasteiger charge is -2.13. The molecule has 0 saturated carbocycles. The molecule has 4 heteroatoms. The van der Waals surface area contributed by atoms with Gasteiger partial charge in [0.2, 0.25) is 0 Å². The molecule has 0 bridgehead atoms. The monoisotopic (exact) mass is 276 g/mol. The Bertz CT molecular complexity index is 431. The molecule has 0 spiro atoms. The van der Waals surface area contributed by atoms with Crippen molar-refractivity contribution in [3.8, 4) is 0 Å². The zero-order valence-corrected chi connectivity index (χ0v) is 12.1. The third-order valence-electron chi connectivity index (χ3n) is 3.07. The van der Waals surface area contributed by atoms with Crippen LogP contribution >= 0.6 is 11.8 Å². The van der Waals surface area contributed by atoms with Crippen molar-refractivity contribution in [2.75, 3.05) is 12.4 Å². The third-order valence-corrected chi connectivity index (χ3v) is 3.81. The Hall–Kier alpha value is -1.13. The number of rotatable bonds is 7. The second-order valence-corrected chi connectivity index (χ2v) is 5.41. The summed E-state index contributed by atoms with van der Waals surface area (Å²) in [5, 5.41) is 8.05. The maximum Gasteiger partial charge on any atom is 0.0828 e. The van der Waals surface area contributed by atoms with Crippen molar-refractivity contribution >= 4 is 23.0 Å². The van der Waals surface area contributed by atoms with E-state index in [1.54, 1.807) is 17.3 Å². The molecule has 0 aliphatic carbocycles. The van der Waals surface area contributed by atoms with E-state index in [0.717, 1.165) is 31.6 Å². The van der Waals surface area contributed by atoms with Gasteiger partial charge in [-0.1, -0.05) is 30.3 Å². The molecular formula is C15H20N2OS. The standard InChI is InChI=1S/C15H20N2OS/c1-13(14-7-3-2-4-8-14)18-10-6-5-9-15-11-19-12-16-17-15/h2-4,7-8,12-13H,5-6,9-11H2,1H3. The molecule has 1 aliphatic rings. The van der Waals surface area contributed by atoms with Gasteiger partial charge in [-0.2, -0.15) is 10.2 Å². The first-order valence-electron chi connectivity index (χ1n) is 6.71. The molecule has 0 N–H and O–H groups in total. The number of hydrogen-bond acceptors (Lipinski definition) is 4. The zero-order valence-electron chi connectivity index (χ0n) is 11.3. The minimum absolute atomic E-state index is 0.174. The second-order valence-electron chi connectivity index (χ2n) is 4.58. The van der Waals surface area contributed by atoms with Crippen molar-refractivity contribution in [2.45, 2.75) is 32.3 Å². The molecule has 19 heavy (non-hydrogen) atoms. The Balaban J connectivity index is 1.59. The molecule has 1 aromatic carbocycles. The molecule has 1 heterocycles. The van der Waals surface area contributed by atoms with Crippen LogP contribution in [0.25, 0.3) is 0 Å². The van der Waals surface area contributed by atoms with Gasteiger partial charge in [0.25, 0.3) is 0 Å². The molecule has 0 fully saturated rings. The first kappa shape index (κ1) is 14.3. The molecule has 1 unspecified atom stereocenters. The van der Waals surface area contributed by atoms with Gasteiger partial charge in [-0.3, -0.25) is 0 Å². The number of thioether (sulfide) groups is 1. The molecule has 1 aromatic rings. The molecule has 0 aromatic heterocycles. The normalized spacial score (nSPS) is 16.2. The van der Waals surface area contributed by atoms with Gasteiger partial charge in [0.05, 0.1) is 17.4 Å². The van der Waals surface area contributed by atoms with Crippen LogP contribution in [0.15, 0.2) is 40.5 Å². The maximum absolute atomic E-state index is 5.84. The highest BCUT2D eigenvalue weighted by Crippen LogP contribution is 2.16. The lowest BCUT2D eigenvalue weighted by Crippen LogP contribution is -2.06. The Morgan fingerprint density at radius 3 is 2.84 bits per heavy atom. The highest BCUT2D eigenvalue weighted by atomic mass is 32.2. The van der Waals surface area contributed by atoms with E-state index in [1.165, 1.54) is 11.3 Å². The molecule has 2 rings (SSSR count). The fraction of sp³-hybridized carbons (Fsp3) is 0.467. The predicted molar refractivity (Wildman–Crippen MR) is 83.0 cm³/mol. The van der Waals surface area contributed by atoms with Crippen LogP contribution in [0.5, 0.6) is 0 Å². The van der Waals surface area contributed by atoms with Crippen molar-refractivity contribution in [3.63, 3.8) is 0 Å². The number of benzene rings is 1. The van der Waals surface area contributed by atoms with E-state index < -0.39 is 0 Å². The van der Waals surface area contributed by atoms with Crippen LogP contribution in [-0.2, 0) is 4.74 Å². The lowest BCUT2D eigenvalue weighted by molar-refractivity contribution is 0.0633. The molecule has 0 saturated heterocycles. The number of unbranched alkanes of at least 4 members (excludes halogenated alkanes) is 1. The molecule has 1 aliphatic heterocycles. The summed E-state index contributed by atoms with van der Waals surface area (Å²) in [5.74, 6) is 0.991. The molecule has 3 nitrogen and oxygen atoms in total. The maximum atomic E-state index is 5.84. The Morgan fingerprint density at radius 1 is 1.26 bits per heavy atom. The molecule has 1 atom stereocenters. The molecule has 102 valence electrons. The van der Waals surface area contributed by atoms with Crippen LogP contribution in [0, 0.1) is 0 Å². The SMILES string of the molecule is CC(OCCCCC1=NN=CSC1)c1ccccc1. The van der Waals surface area contributed by atoms with Gasteiger partial charge in [0, 0.05) is 12.4 Å². The Morgan fingerprint density at radius 2 is 2.11 bits per heavy atom. The Labute approximate surface area is 119 Å². The third kappa shape index (κ3) is 5.17. The van der Waals surface area contributed by atoms with Gasteiger partial charge in [-0.05, 0) is 31.7 Å². The molecule has 0 amide bonds. The molecular weight excluding hydrogens is 256 g/mol. The Kier molecular flexibility index (Phi) is 6.11. The van der Waals surface area contributed by atoms with Gasteiger partial charge >= 0.3 is 0 Å². The first-order valence-corrected chi connectivity index (χ1v) is 7.76. The van der Waals surface area contributed by atoms with Gasteiger partial charge in [-0.25, -0.2) is 0 Å². The highest BCUT2D eigenvalue weighted by Gasteiger charge is 2.05. The predicted octanol–water partition coefficient (Wildman–Crippen LogP) is 4.07. The fourth-order valence-electron chi connectivity index (χ4n) is 1.93.